The van der Waals surface area contributed by atoms with E-state index in [1.807, 2.05) is 60.7 Å². The molecule has 2 heteroatoms. The largest absolute Gasteiger partial charge is 0.473 e. The third-order valence-electron chi connectivity index (χ3n) is 8.36. The summed E-state index contributed by atoms with van der Waals surface area (Å²) < 4.78 is 15.1. The molecule has 0 unspecified atom stereocenters. The van der Waals surface area contributed by atoms with Crippen LogP contribution in [0, 0.1) is 27.7 Å². The first kappa shape index (κ1) is 29.0. The van der Waals surface area contributed by atoms with Crippen LogP contribution in [0.2, 0.25) is 0 Å². The van der Waals surface area contributed by atoms with Gasteiger partial charge in [0.15, 0.2) is 0 Å². The molecule has 0 atom stereocenters. The highest BCUT2D eigenvalue weighted by Crippen LogP contribution is 2.55. The van der Waals surface area contributed by atoms with Crippen LogP contribution in [0.1, 0.15) is 44.5 Å². The molecule has 0 saturated carbocycles. The monoisotopic (exact) mass is 574 g/mol. The molecule has 0 amide bonds. The van der Waals surface area contributed by atoms with Crippen molar-refractivity contribution in [1.29, 1.82) is 0 Å². The fourth-order valence-corrected chi connectivity index (χ4v) is 6.01. The van der Waals surface area contributed by atoms with Gasteiger partial charge in [-0.05, 0) is 52.0 Å². The number of ether oxygens (including phenoxy) is 2. The van der Waals surface area contributed by atoms with Crippen LogP contribution >= 0.6 is 0 Å². The summed E-state index contributed by atoms with van der Waals surface area (Å²) in [6.07, 6.45) is 0. The molecule has 6 rings (SSSR count). The van der Waals surface area contributed by atoms with Crippen molar-refractivity contribution >= 4 is 0 Å². The predicted octanol–water partition coefficient (Wildman–Crippen LogP) is 10.3. The van der Waals surface area contributed by atoms with Crippen molar-refractivity contribution in [3.8, 4) is 11.5 Å². The molecule has 0 saturated heterocycles. The van der Waals surface area contributed by atoms with E-state index in [4.69, 9.17) is 9.47 Å². The maximum Gasteiger partial charge on any atom is 0.207 e. The molecular formula is C42H38O2. The summed E-state index contributed by atoms with van der Waals surface area (Å²) in [5, 5.41) is 0. The summed E-state index contributed by atoms with van der Waals surface area (Å²) in [7, 11) is 0. The lowest BCUT2D eigenvalue weighted by molar-refractivity contribution is -0.0775. The fraction of sp³-hybridized carbons (Fsp3) is 0.143. The first-order valence-electron chi connectivity index (χ1n) is 15.2. The lowest BCUT2D eigenvalue weighted by atomic mass is 9.65. The molecule has 0 fully saturated rings. The standard InChI is InChI=1S/C42H38O2/c1-31-15-23-35(24-16-31)41(36-25-17-32(2)18-26-36,43-39-11-7-5-8-12-39)42(37-27-19-33(3)20-28-37,38-29-21-34(4)22-30-38)44-40-13-9-6-10-14-40/h5-30H,1-4H3. The Hall–Kier alpha value is -5.08. The van der Waals surface area contributed by atoms with Crippen molar-refractivity contribution in [3.63, 3.8) is 0 Å². The minimum atomic E-state index is -1.18. The third-order valence-corrected chi connectivity index (χ3v) is 8.36. The lowest BCUT2D eigenvalue weighted by Crippen LogP contribution is -2.58. The SMILES string of the molecule is Cc1ccc(C(Oc2ccccc2)(c2ccc(C)cc2)C(Oc2ccccc2)(c2ccc(C)cc2)c2ccc(C)cc2)cc1. The van der Waals surface area contributed by atoms with Gasteiger partial charge in [0.2, 0.25) is 11.2 Å². The maximum absolute atomic E-state index is 7.54. The van der Waals surface area contributed by atoms with Crippen molar-refractivity contribution < 1.29 is 9.47 Å². The smallest absolute Gasteiger partial charge is 0.207 e. The molecule has 0 aromatic heterocycles. The maximum atomic E-state index is 7.54. The molecule has 0 aliphatic rings. The average Bonchev–Trinajstić information content (AvgIpc) is 3.05. The van der Waals surface area contributed by atoms with Gasteiger partial charge in [0.1, 0.15) is 11.5 Å². The van der Waals surface area contributed by atoms with Crippen LogP contribution in [0.15, 0.2) is 158 Å². The number of rotatable bonds is 9. The summed E-state index contributed by atoms with van der Waals surface area (Å²) in [6.45, 7) is 8.46. The molecule has 0 radical (unpaired) electrons. The van der Waals surface area contributed by atoms with E-state index in [1.54, 1.807) is 0 Å². The number of hydrogen-bond acceptors (Lipinski definition) is 2. The van der Waals surface area contributed by atoms with Gasteiger partial charge in [0.25, 0.3) is 0 Å². The van der Waals surface area contributed by atoms with Gasteiger partial charge in [-0.25, -0.2) is 0 Å². The van der Waals surface area contributed by atoms with Crippen molar-refractivity contribution in [2.45, 2.75) is 38.9 Å². The molecule has 0 bridgehead atoms. The van der Waals surface area contributed by atoms with Gasteiger partial charge in [0.05, 0.1) is 0 Å². The van der Waals surface area contributed by atoms with Crippen molar-refractivity contribution in [2.75, 3.05) is 0 Å². The molecule has 0 spiro atoms. The lowest BCUT2D eigenvalue weighted by Gasteiger charge is -2.51. The second-order valence-electron chi connectivity index (χ2n) is 11.7. The highest BCUT2D eigenvalue weighted by atomic mass is 16.6. The molecule has 44 heavy (non-hydrogen) atoms. The second-order valence-corrected chi connectivity index (χ2v) is 11.7. The fourth-order valence-electron chi connectivity index (χ4n) is 6.01. The predicted molar refractivity (Wildman–Crippen MR) is 180 cm³/mol. The van der Waals surface area contributed by atoms with Gasteiger partial charge in [-0.15, -0.1) is 0 Å². The van der Waals surface area contributed by atoms with Gasteiger partial charge in [-0.1, -0.05) is 156 Å². The summed E-state index contributed by atoms with van der Waals surface area (Å²) in [4.78, 5) is 0. The molecule has 6 aromatic carbocycles. The van der Waals surface area contributed by atoms with E-state index < -0.39 is 11.2 Å². The molecule has 0 heterocycles. The van der Waals surface area contributed by atoms with Crippen LogP contribution in [-0.2, 0) is 11.2 Å². The average molecular weight is 575 g/mol. The van der Waals surface area contributed by atoms with Crippen LogP contribution < -0.4 is 9.47 Å². The third kappa shape index (κ3) is 5.40. The van der Waals surface area contributed by atoms with Crippen LogP contribution in [0.3, 0.4) is 0 Å². The first-order chi connectivity index (χ1) is 21.4. The Morgan fingerprint density at radius 1 is 0.295 bits per heavy atom. The molecule has 218 valence electrons. The summed E-state index contributed by atoms with van der Waals surface area (Å²) in [5.41, 5.74) is 6.24. The Balaban J connectivity index is 1.83. The molecule has 2 nitrogen and oxygen atoms in total. The zero-order valence-electron chi connectivity index (χ0n) is 25.8. The van der Waals surface area contributed by atoms with Crippen LogP contribution in [0.25, 0.3) is 0 Å². The highest BCUT2D eigenvalue weighted by molar-refractivity contribution is 5.55. The van der Waals surface area contributed by atoms with E-state index in [0.717, 1.165) is 33.8 Å². The molecule has 0 N–H and O–H groups in total. The molecular weight excluding hydrogens is 536 g/mol. The molecule has 0 aliphatic heterocycles. The van der Waals surface area contributed by atoms with Crippen LogP contribution in [0.4, 0.5) is 0 Å². The van der Waals surface area contributed by atoms with Crippen LogP contribution in [0.5, 0.6) is 11.5 Å². The summed E-state index contributed by atoms with van der Waals surface area (Å²) >= 11 is 0. The van der Waals surface area contributed by atoms with E-state index in [1.165, 1.54) is 22.3 Å². The zero-order chi connectivity index (χ0) is 30.6. The summed E-state index contributed by atoms with van der Waals surface area (Å²) in [5.74, 6) is 1.49. The van der Waals surface area contributed by atoms with E-state index >= 15 is 0 Å². The van der Waals surface area contributed by atoms with Gasteiger partial charge >= 0.3 is 0 Å². The number of benzene rings is 6. The van der Waals surface area contributed by atoms with Crippen molar-refractivity contribution in [1.82, 2.24) is 0 Å². The van der Waals surface area contributed by atoms with Gasteiger partial charge in [-0.2, -0.15) is 0 Å². The topological polar surface area (TPSA) is 18.5 Å². The minimum absolute atomic E-state index is 0.744. The van der Waals surface area contributed by atoms with Crippen molar-refractivity contribution in [3.05, 3.63) is 202 Å². The van der Waals surface area contributed by atoms with Gasteiger partial charge in [0, 0.05) is 22.3 Å². The summed E-state index contributed by atoms with van der Waals surface area (Å²) in [6, 6.07) is 54.9. The van der Waals surface area contributed by atoms with Gasteiger partial charge < -0.3 is 9.47 Å². The van der Waals surface area contributed by atoms with E-state index in [2.05, 4.69) is 125 Å². The van der Waals surface area contributed by atoms with E-state index in [9.17, 15) is 0 Å². The normalized spacial score (nSPS) is 11.6. The van der Waals surface area contributed by atoms with E-state index in [0.29, 0.717) is 0 Å². The highest BCUT2D eigenvalue weighted by Gasteiger charge is 2.61. The second kappa shape index (κ2) is 12.3. The van der Waals surface area contributed by atoms with Crippen LogP contribution in [-0.4, -0.2) is 0 Å². The Labute approximate surface area is 261 Å². The Morgan fingerprint density at radius 3 is 0.750 bits per heavy atom. The number of para-hydroxylation sites is 2. The Morgan fingerprint density at radius 2 is 0.523 bits per heavy atom. The zero-order valence-corrected chi connectivity index (χ0v) is 25.8. The number of hydrogen-bond donors (Lipinski definition) is 0. The quantitative estimate of drug-likeness (QED) is 0.171. The Bertz CT molecular complexity index is 1560. The molecule has 6 aromatic rings. The van der Waals surface area contributed by atoms with Crippen molar-refractivity contribution in [2.24, 2.45) is 0 Å². The number of aryl methyl sites for hydroxylation is 4. The van der Waals surface area contributed by atoms with Gasteiger partial charge in [-0.3, -0.25) is 0 Å². The Kier molecular flexibility index (Phi) is 8.09. The van der Waals surface area contributed by atoms with E-state index in [-0.39, 0.29) is 0 Å². The molecule has 0 aliphatic carbocycles. The minimum Gasteiger partial charge on any atom is -0.473 e. The first-order valence-corrected chi connectivity index (χ1v) is 15.2.